The van der Waals surface area contributed by atoms with Crippen molar-refractivity contribution >= 4 is 0 Å². The van der Waals surface area contributed by atoms with Gasteiger partial charge < -0.3 is 30.4 Å². The van der Waals surface area contributed by atoms with Gasteiger partial charge in [-0.3, -0.25) is 0 Å². The van der Waals surface area contributed by atoms with Crippen molar-refractivity contribution in [3.63, 3.8) is 0 Å². The predicted molar refractivity (Wildman–Crippen MR) is 49.7 cm³/mol. The Hall–Kier alpha value is -0.240. The van der Waals surface area contributed by atoms with E-state index in [1.807, 2.05) is 0 Å². The Kier molecular flexibility index (Phi) is 6.17. The molecular formula is C8H19NO5. The quantitative estimate of drug-likeness (QED) is 0.319. The maximum Gasteiger partial charge on any atom is 0.111 e. The van der Waals surface area contributed by atoms with Gasteiger partial charge in [-0.1, -0.05) is 0 Å². The Morgan fingerprint density at radius 2 is 1.36 bits per heavy atom. The largest absolute Gasteiger partial charge is 0.394 e. The molecule has 14 heavy (non-hydrogen) atoms. The molecule has 0 saturated heterocycles. The Morgan fingerprint density at radius 3 is 1.71 bits per heavy atom. The van der Waals surface area contributed by atoms with E-state index in [0.717, 1.165) is 0 Å². The fraction of sp³-hybridized carbons (Fsp3) is 1.00. The minimum atomic E-state index is -1.55. The van der Waals surface area contributed by atoms with Crippen LogP contribution in [0.15, 0.2) is 0 Å². The van der Waals surface area contributed by atoms with Crippen LogP contribution in [0.3, 0.4) is 0 Å². The number of nitrogens with zero attached hydrogens (tertiary/aromatic N) is 1. The molecule has 0 spiro atoms. The summed E-state index contributed by atoms with van der Waals surface area (Å²) >= 11 is 0. The summed E-state index contributed by atoms with van der Waals surface area (Å²) in [5, 5.41) is 45.4. The normalized spacial score (nSPS) is 20.6. The first-order valence-electron chi connectivity index (χ1n) is 4.38. The van der Waals surface area contributed by atoms with Gasteiger partial charge in [0.15, 0.2) is 0 Å². The van der Waals surface area contributed by atoms with Crippen molar-refractivity contribution in [2.24, 2.45) is 0 Å². The monoisotopic (exact) mass is 209 g/mol. The highest BCUT2D eigenvalue weighted by atomic mass is 16.4. The highest BCUT2D eigenvalue weighted by Gasteiger charge is 2.29. The molecule has 0 aliphatic carbocycles. The highest BCUT2D eigenvalue weighted by molar-refractivity contribution is 4.81. The molecule has 0 fully saturated rings. The van der Waals surface area contributed by atoms with E-state index in [9.17, 15) is 15.3 Å². The molecule has 0 aromatic heterocycles. The fourth-order valence-electron chi connectivity index (χ4n) is 1.05. The van der Waals surface area contributed by atoms with E-state index in [1.54, 1.807) is 19.0 Å². The van der Waals surface area contributed by atoms with Gasteiger partial charge in [0, 0.05) is 6.54 Å². The van der Waals surface area contributed by atoms with E-state index < -0.39 is 31.0 Å². The number of hydrogen-bond acceptors (Lipinski definition) is 6. The summed E-state index contributed by atoms with van der Waals surface area (Å²) in [6, 6.07) is 0. The Balaban J connectivity index is 4.09. The zero-order valence-corrected chi connectivity index (χ0v) is 8.41. The molecule has 0 bridgehead atoms. The average Bonchev–Trinajstić information content (AvgIpc) is 2.13. The summed E-state index contributed by atoms with van der Waals surface area (Å²) < 4.78 is 0. The molecule has 0 amide bonds. The van der Waals surface area contributed by atoms with Crippen LogP contribution in [-0.4, -0.2) is 82.1 Å². The van der Waals surface area contributed by atoms with Crippen molar-refractivity contribution in [3.05, 3.63) is 0 Å². The molecule has 0 aliphatic rings. The third-order valence-electron chi connectivity index (χ3n) is 1.88. The van der Waals surface area contributed by atoms with Gasteiger partial charge in [-0.25, -0.2) is 0 Å². The Bertz CT molecular complexity index is 155. The van der Waals surface area contributed by atoms with Crippen LogP contribution >= 0.6 is 0 Å². The number of hydrogen-bond donors (Lipinski definition) is 5. The molecule has 0 radical (unpaired) electrons. The molecule has 6 heteroatoms. The van der Waals surface area contributed by atoms with Crippen LogP contribution in [0.2, 0.25) is 0 Å². The van der Waals surface area contributed by atoms with E-state index in [1.165, 1.54) is 0 Å². The van der Waals surface area contributed by atoms with Crippen molar-refractivity contribution in [2.45, 2.75) is 24.4 Å². The van der Waals surface area contributed by atoms with E-state index >= 15 is 0 Å². The van der Waals surface area contributed by atoms with Crippen LogP contribution < -0.4 is 0 Å². The van der Waals surface area contributed by atoms with Crippen LogP contribution in [0.4, 0.5) is 0 Å². The predicted octanol–water partition coefficient (Wildman–Crippen LogP) is -3.02. The van der Waals surface area contributed by atoms with E-state index in [4.69, 9.17) is 10.2 Å². The second-order valence-electron chi connectivity index (χ2n) is 3.56. The molecule has 0 unspecified atom stereocenters. The molecule has 4 atom stereocenters. The summed E-state index contributed by atoms with van der Waals surface area (Å²) in [6.45, 7) is -0.497. The first kappa shape index (κ1) is 13.8. The average molecular weight is 209 g/mol. The zero-order valence-electron chi connectivity index (χ0n) is 8.41. The third kappa shape index (κ3) is 4.32. The lowest BCUT2D eigenvalue weighted by atomic mass is 10.0. The second kappa shape index (κ2) is 6.28. The molecular weight excluding hydrogens is 190 g/mol. The van der Waals surface area contributed by atoms with Crippen LogP contribution in [-0.2, 0) is 0 Å². The number of rotatable bonds is 6. The molecule has 86 valence electrons. The lowest BCUT2D eigenvalue weighted by Crippen LogP contribution is -2.48. The molecule has 6 nitrogen and oxygen atoms in total. The van der Waals surface area contributed by atoms with Crippen LogP contribution in [0.25, 0.3) is 0 Å². The van der Waals surface area contributed by atoms with Crippen molar-refractivity contribution < 1.29 is 25.5 Å². The first-order chi connectivity index (χ1) is 6.40. The number of aliphatic hydroxyl groups excluding tert-OH is 5. The van der Waals surface area contributed by atoms with Gasteiger partial charge in [-0.2, -0.15) is 0 Å². The van der Waals surface area contributed by atoms with Crippen molar-refractivity contribution in [1.82, 2.24) is 4.90 Å². The van der Waals surface area contributed by atoms with E-state index in [-0.39, 0.29) is 6.54 Å². The van der Waals surface area contributed by atoms with Gasteiger partial charge in [0.05, 0.1) is 12.7 Å². The standard InChI is InChI=1S/C8H19NO5/c1-9(2)3-5(11)7(13)8(14)6(12)4-10/h5-8,10-14H,3-4H2,1-2H3/t5-,6+,7+,8+/m1/s1. The van der Waals surface area contributed by atoms with Gasteiger partial charge >= 0.3 is 0 Å². The van der Waals surface area contributed by atoms with E-state index in [0.29, 0.717) is 0 Å². The first-order valence-corrected chi connectivity index (χ1v) is 4.38. The maximum absolute atomic E-state index is 9.36. The Morgan fingerprint density at radius 1 is 0.929 bits per heavy atom. The third-order valence-corrected chi connectivity index (χ3v) is 1.88. The molecule has 0 heterocycles. The Labute approximate surface area is 83.0 Å². The van der Waals surface area contributed by atoms with Gasteiger partial charge in [0.25, 0.3) is 0 Å². The molecule has 0 aromatic rings. The van der Waals surface area contributed by atoms with Gasteiger partial charge in [-0.15, -0.1) is 0 Å². The smallest absolute Gasteiger partial charge is 0.111 e. The molecule has 0 aromatic carbocycles. The second-order valence-corrected chi connectivity index (χ2v) is 3.56. The highest BCUT2D eigenvalue weighted by Crippen LogP contribution is 2.05. The summed E-state index contributed by atoms with van der Waals surface area (Å²) in [7, 11) is 3.40. The molecule has 0 rings (SSSR count). The van der Waals surface area contributed by atoms with Crippen molar-refractivity contribution in [1.29, 1.82) is 0 Å². The lowest BCUT2D eigenvalue weighted by Gasteiger charge is -2.27. The molecule has 5 N–H and O–H groups in total. The topological polar surface area (TPSA) is 104 Å². The summed E-state index contributed by atoms with van der Waals surface area (Å²) in [5.41, 5.74) is 0. The van der Waals surface area contributed by atoms with Crippen LogP contribution in [0.5, 0.6) is 0 Å². The van der Waals surface area contributed by atoms with Crippen molar-refractivity contribution in [2.75, 3.05) is 27.2 Å². The van der Waals surface area contributed by atoms with Gasteiger partial charge in [0.1, 0.15) is 18.3 Å². The van der Waals surface area contributed by atoms with E-state index in [2.05, 4.69) is 0 Å². The summed E-state index contributed by atoms with van der Waals surface area (Å²) in [6.07, 6.45) is -5.63. The number of likely N-dealkylation sites (N-methyl/N-ethyl adjacent to an activating group) is 1. The van der Waals surface area contributed by atoms with Crippen LogP contribution in [0, 0.1) is 0 Å². The van der Waals surface area contributed by atoms with Gasteiger partial charge in [0.2, 0.25) is 0 Å². The number of aliphatic hydroxyl groups is 5. The van der Waals surface area contributed by atoms with Gasteiger partial charge in [-0.05, 0) is 14.1 Å². The fourth-order valence-corrected chi connectivity index (χ4v) is 1.05. The van der Waals surface area contributed by atoms with Crippen molar-refractivity contribution in [3.8, 4) is 0 Å². The van der Waals surface area contributed by atoms with Crippen LogP contribution in [0.1, 0.15) is 0 Å². The SMILES string of the molecule is CN(C)C[C@@H](O)[C@H](O)[C@@H](O)[C@@H](O)CO. The molecule has 0 saturated carbocycles. The minimum Gasteiger partial charge on any atom is -0.394 e. The zero-order chi connectivity index (χ0) is 11.3. The lowest BCUT2D eigenvalue weighted by molar-refractivity contribution is -0.117. The molecule has 0 aliphatic heterocycles. The summed E-state index contributed by atoms with van der Waals surface area (Å²) in [5.74, 6) is 0. The summed E-state index contributed by atoms with van der Waals surface area (Å²) in [4.78, 5) is 1.63. The maximum atomic E-state index is 9.36. The minimum absolute atomic E-state index is 0.163.